The lowest BCUT2D eigenvalue weighted by atomic mass is 9.80. The number of allylic oxidation sites excluding steroid dienone is 5. The van der Waals surface area contributed by atoms with Gasteiger partial charge in [-0.05, 0) is 117 Å². The first-order chi connectivity index (χ1) is 21.8. The predicted octanol–water partition coefficient (Wildman–Crippen LogP) is 9.70. The van der Waals surface area contributed by atoms with Crippen LogP contribution in [0.3, 0.4) is 0 Å². The monoisotopic (exact) mass is 607 g/mol. The number of rotatable bonds is 11. The number of nitrogens with zero attached hydrogens (tertiary/aromatic N) is 1. The second kappa shape index (κ2) is 20.3. The zero-order valence-corrected chi connectivity index (χ0v) is 28.7. The minimum Gasteiger partial charge on any atom is -0.375 e. The van der Waals surface area contributed by atoms with Crippen LogP contribution in [-0.2, 0) is 0 Å². The molecule has 1 fully saturated rings. The van der Waals surface area contributed by atoms with Gasteiger partial charge in [-0.2, -0.15) is 0 Å². The van der Waals surface area contributed by atoms with Gasteiger partial charge in [0.2, 0.25) is 0 Å². The van der Waals surface area contributed by atoms with Gasteiger partial charge in [-0.1, -0.05) is 99.7 Å². The maximum absolute atomic E-state index is 11.3. The van der Waals surface area contributed by atoms with Gasteiger partial charge in [-0.15, -0.1) is 0 Å². The van der Waals surface area contributed by atoms with Crippen molar-refractivity contribution < 1.29 is 4.79 Å². The number of hydrogen-bond acceptors (Lipinski definition) is 4. The number of aryl methyl sites for hydroxylation is 1. The van der Waals surface area contributed by atoms with Crippen molar-refractivity contribution in [3.63, 3.8) is 0 Å². The molecule has 1 atom stereocenters. The van der Waals surface area contributed by atoms with Gasteiger partial charge in [0.25, 0.3) is 0 Å². The molecule has 1 unspecified atom stereocenters. The predicted molar refractivity (Wildman–Crippen MR) is 197 cm³/mol. The summed E-state index contributed by atoms with van der Waals surface area (Å²) in [6, 6.07) is 25.9. The standard InChI is InChI=1S/C31H34O.C9H18N2.CH5N/c1-5-7-13-27(12-6-2)31(30-19-18-25(22-32)20-23(30)3)24(4)28-16-11-17-29(21-28)26-14-9-8-10-15-26;1-3-8(2)11-6-4-9(10)5-7-11;1-2/h5,7-11,14-22,27H,6,12-13H2,1-4H3;9H,2-7,10H2,1H3;2H2,1H3/b7-5?,31-24+;;. The fraction of sp³-hybridized carbons (Fsp3) is 0.390. The number of benzene rings is 3. The van der Waals surface area contributed by atoms with E-state index in [0.717, 1.165) is 69.0 Å². The highest BCUT2D eigenvalue weighted by Gasteiger charge is 2.20. The second-order valence-electron chi connectivity index (χ2n) is 11.7. The first kappa shape index (κ1) is 37.5. The third-order valence-electron chi connectivity index (χ3n) is 8.58. The highest BCUT2D eigenvalue weighted by molar-refractivity contribution is 5.93. The molecule has 1 saturated heterocycles. The summed E-state index contributed by atoms with van der Waals surface area (Å²) >= 11 is 0. The van der Waals surface area contributed by atoms with E-state index in [1.807, 2.05) is 12.1 Å². The molecule has 0 bridgehead atoms. The lowest BCUT2D eigenvalue weighted by Gasteiger charge is -2.32. The molecule has 4 rings (SSSR count). The van der Waals surface area contributed by atoms with Gasteiger partial charge >= 0.3 is 0 Å². The van der Waals surface area contributed by atoms with Crippen molar-refractivity contribution in [2.45, 2.75) is 79.2 Å². The van der Waals surface area contributed by atoms with E-state index in [0.29, 0.717) is 12.0 Å². The molecule has 0 aromatic heterocycles. The molecule has 0 aliphatic carbocycles. The Hall–Kier alpha value is -3.73. The summed E-state index contributed by atoms with van der Waals surface area (Å²) in [5.74, 6) is 0.428. The van der Waals surface area contributed by atoms with Crippen LogP contribution < -0.4 is 11.5 Å². The van der Waals surface area contributed by atoms with E-state index >= 15 is 0 Å². The number of carbonyl (C=O) groups excluding carboxylic acids is 1. The van der Waals surface area contributed by atoms with Gasteiger partial charge in [0.1, 0.15) is 6.29 Å². The summed E-state index contributed by atoms with van der Waals surface area (Å²) in [6.45, 7) is 17.1. The summed E-state index contributed by atoms with van der Waals surface area (Å²) in [4.78, 5) is 13.7. The summed E-state index contributed by atoms with van der Waals surface area (Å²) in [5, 5.41) is 0. The Kier molecular flexibility index (Phi) is 16.9. The Bertz CT molecular complexity index is 1380. The first-order valence-electron chi connectivity index (χ1n) is 16.6. The van der Waals surface area contributed by atoms with E-state index in [-0.39, 0.29) is 0 Å². The molecule has 0 amide bonds. The van der Waals surface area contributed by atoms with Crippen LogP contribution in [0.4, 0.5) is 0 Å². The molecule has 3 aromatic carbocycles. The van der Waals surface area contributed by atoms with Crippen molar-refractivity contribution in [1.29, 1.82) is 0 Å². The SMILES string of the molecule is C=C(CC)N1CCC(N)CC1.CC=CCC(CCC)/C(=C(/C)c1cccc(-c2ccccc2)c1)c1ccc(C=O)cc1C.CN. The molecule has 0 saturated carbocycles. The van der Waals surface area contributed by atoms with Gasteiger partial charge < -0.3 is 16.4 Å². The molecule has 1 heterocycles. The van der Waals surface area contributed by atoms with Crippen LogP contribution in [0.25, 0.3) is 22.3 Å². The summed E-state index contributed by atoms with van der Waals surface area (Å²) in [5.41, 5.74) is 21.1. The molecule has 45 heavy (non-hydrogen) atoms. The maximum atomic E-state index is 11.3. The molecular formula is C41H57N3O. The van der Waals surface area contributed by atoms with E-state index < -0.39 is 0 Å². The minimum atomic E-state index is 0.427. The van der Waals surface area contributed by atoms with Gasteiger partial charge in [0.15, 0.2) is 0 Å². The molecule has 4 N–H and O–H groups in total. The van der Waals surface area contributed by atoms with Crippen molar-refractivity contribution in [3.8, 4) is 11.1 Å². The van der Waals surface area contributed by atoms with Crippen LogP contribution in [0.2, 0.25) is 0 Å². The van der Waals surface area contributed by atoms with Crippen LogP contribution in [0, 0.1) is 12.8 Å². The van der Waals surface area contributed by atoms with Crippen molar-refractivity contribution in [2.75, 3.05) is 20.1 Å². The number of nitrogens with two attached hydrogens (primary N) is 2. The lowest BCUT2D eigenvalue weighted by molar-refractivity contribution is 0.112. The Morgan fingerprint density at radius 3 is 2.22 bits per heavy atom. The number of aldehydes is 1. The average molecular weight is 608 g/mol. The Morgan fingerprint density at radius 1 is 0.978 bits per heavy atom. The van der Waals surface area contributed by atoms with E-state index in [1.165, 1.54) is 46.1 Å². The lowest BCUT2D eigenvalue weighted by Crippen LogP contribution is -2.38. The summed E-state index contributed by atoms with van der Waals surface area (Å²) in [6.07, 6.45) is 12.0. The van der Waals surface area contributed by atoms with Gasteiger partial charge in [0.05, 0.1) is 0 Å². The van der Waals surface area contributed by atoms with Crippen molar-refractivity contribution >= 4 is 17.4 Å². The Labute approximate surface area is 273 Å². The van der Waals surface area contributed by atoms with Crippen LogP contribution in [0.5, 0.6) is 0 Å². The largest absolute Gasteiger partial charge is 0.375 e. The third-order valence-corrected chi connectivity index (χ3v) is 8.58. The summed E-state index contributed by atoms with van der Waals surface area (Å²) < 4.78 is 0. The van der Waals surface area contributed by atoms with Gasteiger partial charge in [0, 0.05) is 30.4 Å². The molecule has 242 valence electrons. The highest BCUT2D eigenvalue weighted by atomic mass is 16.1. The fourth-order valence-electron chi connectivity index (χ4n) is 5.98. The van der Waals surface area contributed by atoms with Crippen molar-refractivity contribution in [2.24, 2.45) is 17.4 Å². The highest BCUT2D eigenvalue weighted by Crippen LogP contribution is 2.39. The normalized spacial score (nSPS) is 14.4. The van der Waals surface area contributed by atoms with Crippen LogP contribution in [0.1, 0.15) is 93.3 Å². The topological polar surface area (TPSA) is 72.3 Å². The Morgan fingerprint density at radius 2 is 1.64 bits per heavy atom. The number of likely N-dealkylation sites (tertiary alicyclic amines) is 1. The molecule has 0 spiro atoms. The van der Waals surface area contributed by atoms with E-state index in [9.17, 15) is 4.79 Å². The fourth-order valence-corrected chi connectivity index (χ4v) is 5.98. The molecule has 1 aliphatic rings. The zero-order chi connectivity index (χ0) is 33.2. The van der Waals surface area contributed by atoms with Gasteiger partial charge in [-0.3, -0.25) is 4.79 Å². The Balaban J connectivity index is 0.000000454. The average Bonchev–Trinajstić information content (AvgIpc) is 3.09. The van der Waals surface area contributed by atoms with Crippen molar-refractivity contribution in [3.05, 3.63) is 119 Å². The van der Waals surface area contributed by atoms with E-state index in [4.69, 9.17) is 5.73 Å². The molecule has 0 radical (unpaired) electrons. The number of hydrogen-bond donors (Lipinski definition) is 2. The molecular weight excluding hydrogens is 550 g/mol. The molecule has 4 heteroatoms. The number of carbonyl (C=O) groups is 1. The van der Waals surface area contributed by atoms with Crippen LogP contribution in [-0.4, -0.2) is 37.4 Å². The molecule has 3 aromatic rings. The molecule has 1 aliphatic heterocycles. The van der Waals surface area contributed by atoms with Crippen LogP contribution >= 0.6 is 0 Å². The summed E-state index contributed by atoms with van der Waals surface area (Å²) in [7, 11) is 1.50. The van der Waals surface area contributed by atoms with Gasteiger partial charge in [-0.25, -0.2) is 0 Å². The van der Waals surface area contributed by atoms with E-state index in [2.05, 4.69) is 125 Å². The quantitative estimate of drug-likeness (QED) is 0.129. The number of piperidine rings is 1. The maximum Gasteiger partial charge on any atom is 0.150 e. The zero-order valence-electron chi connectivity index (χ0n) is 28.7. The molecule has 4 nitrogen and oxygen atoms in total. The first-order valence-corrected chi connectivity index (χ1v) is 16.6. The third kappa shape index (κ3) is 11.3. The van der Waals surface area contributed by atoms with Crippen molar-refractivity contribution in [1.82, 2.24) is 4.90 Å². The smallest absolute Gasteiger partial charge is 0.150 e. The van der Waals surface area contributed by atoms with E-state index in [1.54, 1.807) is 0 Å². The minimum absolute atomic E-state index is 0.427. The van der Waals surface area contributed by atoms with Crippen LogP contribution in [0.15, 0.2) is 97.2 Å². The second-order valence-corrected chi connectivity index (χ2v) is 11.7.